The summed E-state index contributed by atoms with van der Waals surface area (Å²) in [5.74, 6) is -0.506. The summed E-state index contributed by atoms with van der Waals surface area (Å²) >= 11 is 0. The van der Waals surface area contributed by atoms with E-state index in [1.54, 1.807) is 0 Å². The summed E-state index contributed by atoms with van der Waals surface area (Å²) in [4.78, 5) is 37.8. The van der Waals surface area contributed by atoms with Crippen molar-refractivity contribution in [3.05, 3.63) is 60.8 Å². The van der Waals surface area contributed by atoms with Crippen molar-refractivity contribution >= 4 is 19.7 Å². The number of rotatable bonds is 60. The first kappa shape index (κ1) is 75.7. The van der Waals surface area contributed by atoms with Crippen molar-refractivity contribution in [2.75, 3.05) is 40.9 Å². The monoisotopic (exact) mass is 1120 g/mol. The number of likely N-dealkylation sites (N-methyl/N-ethyl adjacent to an activating group) is 1. The zero-order valence-electron chi connectivity index (χ0n) is 52.2. The standard InChI is InChI=1S/C68H127N2O7P/c1-7-10-13-16-19-22-25-28-30-32-33-34-35-36-37-39-40-42-45-48-51-54-57-60-67(71)69-65(64-76-78(73,74)75-63-62-70(4,5)6)66(59-56-53-50-47-44-27-24-21-18-15-12-9-3)77-68(72)61-58-55-52-49-46-43-41-38-31-29-26-23-20-17-14-11-8-2/h19,22,28,30,33-34,36-37,56,59,65-66H,7-18,20-21,23-27,29,31-32,35,38-55,57-58,60-64H2,1-6H3,(H-,69,71,73,74)/p+1/b22-19-,30-28-,34-33-,37-36-,59-56-. The summed E-state index contributed by atoms with van der Waals surface area (Å²) < 4.78 is 30.8. The van der Waals surface area contributed by atoms with E-state index >= 15 is 0 Å². The number of allylic oxidation sites excluding steroid dienone is 9. The smallest absolute Gasteiger partial charge is 0.456 e. The molecule has 0 fully saturated rings. The van der Waals surface area contributed by atoms with Gasteiger partial charge in [0.05, 0.1) is 33.8 Å². The molecule has 0 aliphatic carbocycles. The lowest BCUT2D eigenvalue weighted by atomic mass is 10.0. The van der Waals surface area contributed by atoms with E-state index in [1.807, 2.05) is 33.3 Å². The van der Waals surface area contributed by atoms with Crippen LogP contribution in [0.1, 0.15) is 310 Å². The van der Waals surface area contributed by atoms with Gasteiger partial charge in [0.1, 0.15) is 19.3 Å². The van der Waals surface area contributed by atoms with Crippen molar-refractivity contribution in [3.63, 3.8) is 0 Å². The van der Waals surface area contributed by atoms with Crippen molar-refractivity contribution in [1.82, 2.24) is 5.32 Å². The number of amides is 1. The molecule has 0 rings (SSSR count). The average molecular weight is 1120 g/mol. The predicted octanol–water partition coefficient (Wildman–Crippen LogP) is 20.6. The highest BCUT2D eigenvalue weighted by Crippen LogP contribution is 2.43. The fourth-order valence-electron chi connectivity index (χ4n) is 9.57. The van der Waals surface area contributed by atoms with E-state index in [9.17, 15) is 19.0 Å². The number of hydrogen-bond donors (Lipinski definition) is 2. The minimum absolute atomic E-state index is 0.0379. The Morgan fingerprint density at radius 2 is 0.782 bits per heavy atom. The van der Waals surface area contributed by atoms with E-state index in [1.165, 1.54) is 186 Å². The van der Waals surface area contributed by atoms with Crippen LogP contribution in [-0.2, 0) is 27.9 Å². The van der Waals surface area contributed by atoms with Crippen LogP contribution >= 0.6 is 7.82 Å². The molecule has 0 spiro atoms. The minimum atomic E-state index is -4.45. The number of esters is 1. The van der Waals surface area contributed by atoms with E-state index in [0.717, 1.165) is 89.9 Å². The molecular weight excluding hydrogens is 988 g/mol. The maximum atomic E-state index is 13.6. The van der Waals surface area contributed by atoms with Crippen LogP contribution in [-0.4, -0.2) is 74.3 Å². The Bertz CT molecular complexity index is 1520. The Hall–Kier alpha value is -2.29. The van der Waals surface area contributed by atoms with Gasteiger partial charge >= 0.3 is 13.8 Å². The Balaban J connectivity index is 5.18. The molecule has 0 aromatic rings. The van der Waals surface area contributed by atoms with Crippen LogP contribution in [0.25, 0.3) is 0 Å². The number of hydrogen-bond acceptors (Lipinski definition) is 6. The number of unbranched alkanes of at least 4 members (excludes halogenated alkanes) is 36. The number of phosphoric acid groups is 1. The fourth-order valence-corrected chi connectivity index (χ4v) is 10.3. The summed E-state index contributed by atoms with van der Waals surface area (Å²) in [5, 5.41) is 3.06. The molecule has 0 aliphatic rings. The predicted molar refractivity (Wildman–Crippen MR) is 337 cm³/mol. The fraction of sp³-hybridized carbons (Fsp3) is 0.824. The van der Waals surface area contributed by atoms with Gasteiger partial charge in [-0.15, -0.1) is 0 Å². The van der Waals surface area contributed by atoms with Gasteiger partial charge in [0.2, 0.25) is 5.91 Å². The Labute approximate surface area is 483 Å². The summed E-state index contributed by atoms with van der Waals surface area (Å²) in [7, 11) is 1.49. The van der Waals surface area contributed by atoms with Crippen LogP contribution in [0, 0.1) is 0 Å². The molecule has 0 saturated heterocycles. The number of nitrogens with one attached hydrogen (secondary N) is 1. The molecule has 0 aromatic carbocycles. The number of phosphoric ester groups is 1. The van der Waals surface area contributed by atoms with Gasteiger partial charge in [0.15, 0.2) is 0 Å². The van der Waals surface area contributed by atoms with Crippen LogP contribution in [0.2, 0.25) is 0 Å². The van der Waals surface area contributed by atoms with Crippen LogP contribution in [0.4, 0.5) is 0 Å². The van der Waals surface area contributed by atoms with Gasteiger partial charge in [0.25, 0.3) is 0 Å². The zero-order valence-corrected chi connectivity index (χ0v) is 53.1. The lowest BCUT2D eigenvalue weighted by molar-refractivity contribution is -0.870. The van der Waals surface area contributed by atoms with Crippen LogP contribution in [0.3, 0.4) is 0 Å². The second-order valence-electron chi connectivity index (χ2n) is 23.6. The molecule has 0 bridgehead atoms. The van der Waals surface area contributed by atoms with Crippen molar-refractivity contribution < 1.29 is 37.3 Å². The molecule has 3 atom stereocenters. The molecule has 0 radical (unpaired) electrons. The number of carbonyl (C=O) groups excluding carboxylic acids is 2. The van der Waals surface area contributed by atoms with Gasteiger partial charge in [-0.3, -0.25) is 18.6 Å². The molecule has 0 heterocycles. The summed E-state index contributed by atoms with van der Waals surface area (Å²) in [6, 6.07) is -0.854. The molecule has 78 heavy (non-hydrogen) atoms. The van der Waals surface area contributed by atoms with Crippen molar-refractivity contribution in [2.24, 2.45) is 0 Å². The molecule has 2 N–H and O–H groups in total. The second-order valence-corrected chi connectivity index (χ2v) is 25.1. The first-order chi connectivity index (χ1) is 37.9. The van der Waals surface area contributed by atoms with Crippen molar-refractivity contribution in [1.29, 1.82) is 0 Å². The first-order valence-corrected chi connectivity index (χ1v) is 34.6. The van der Waals surface area contributed by atoms with E-state index in [0.29, 0.717) is 23.9 Å². The number of ether oxygens (including phenoxy) is 1. The summed E-state index contributed by atoms with van der Waals surface area (Å²) in [6.07, 6.45) is 73.6. The topological polar surface area (TPSA) is 111 Å². The second kappa shape index (κ2) is 57.9. The normalized spacial score (nSPS) is 14.0. The highest BCUT2D eigenvalue weighted by molar-refractivity contribution is 7.47. The van der Waals surface area contributed by atoms with E-state index in [2.05, 4.69) is 74.7 Å². The minimum Gasteiger partial charge on any atom is -0.456 e. The first-order valence-electron chi connectivity index (χ1n) is 33.1. The maximum Gasteiger partial charge on any atom is 0.472 e. The lowest BCUT2D eigenvalue weighted by Crippen LogP contribution is -2.47. The third-order valence-corrected chi connectivity index (χ3v) is 15.7. The Kier molecular flexibility index (Phi) is 56.2. The lowest BCUT2D eigenvalue weighted by Gasteiger charge is -2.27. The summed E-state index contributed by atoms with van der Waals surface area (Å²) in [5.41, 5.74) is 0. The van der Waals surface area contributed by atoms with E-state index < -0.39 is 20.0 Å². The molecule has 10 heteroatoms. The molecule has 0 saturated carbocycles. The van der Waals surface area contributed by atoms with Crippen molar-refractivity contribution in [2.45, 2.75) is 322 Å². The van der Waals surface area contributed by atoms with Gasteiger partial charge in [-0.25, -0.2) is 4.57 Å². The Morgan fingerprint density at radius 3 is 1.19 bits per heavy atom. The van der Waals surface area contributed by atoms with Crippen LogP contribution < -0.4 is 5.32 Å². The van der Waals surface area contributed by atoms with Gasteiger partial charge in [-0.2, -0.15) is 0 Å². The molecule has 9 nitrogen and oxygen atoms in total. The van der Waals surface area contributed by atoms with E-state index in [4.69, 9.17) is 13.8 Å². The van der Waals surface area contributed by atoms with E-state index in [-0.39, 0.29) is 25.1 Å². The molecule has 0 aromatic heterocycles. The number of nitrogens with zero attached hydrogens (tertiary/aromatic N) is 1. The molecule has 456 valence electrons. The average Bonchev–Trinajstić information content (AvgIpc) is 3.40. The summed E-state index contributed by atoms with van der Waals surface area (Å²) in [6.45, 7) is 7.01. The van der Waals surface area contributed by atoms with Crippen LogP contribution in [0.5, 0.6) is 0 Å². The SMILES string of the molecule is CCCCC/C=C\C/C=C\C/C=C\C/C=C\CCCCCCCCCC(=O)NC(COP(=O)(O)OCC[N+](C)(C)C)C(/C=C\CCCCCCCCCCCC)OC(=O)CCCCCCCCCCCCCCCCCCC. The zero-order chi connectivity index (χ0) is 57.2. The molecule has 3 unspecified atom stereocenters. The quantitative estimate of drug-likeness (QED) is 0.0205. The highest BCUT2D eigenvalue weighted by Gasteiger charge is 2.30. The number of quaternary nitrogens is 1. The van der Waals surface area contributed by atoms with Crippen LogP contribution in [0.15, 0.2) is 60.8 Å². The highest BCUT2D eigenvalue weighted by atomic mass is 31.2. The molecule has 0 aliphatic heterocycles. The van der Waals surface area contributed by atoms with Gasteiger partial charge in [0, 0.05) is 12.8 Å². The van der Waals surface area contributed by atoms with Crippen molar-refractivity contribution in [3.8, 4) is 0 Å². The van der Waals surface area contributed by atoms with Gasteiger partial charge < -0.3 is 19.4 Å². The Morgan fingerprint density at radius 1 is 0.449 bits per heavy atom. The maximum absolute atomic E-state index is 13.6. The number of carbonyl (C=O) groups is 2. The molecule has 1 amide bonds. The third-order valence-electron chi connectivity index (χ3n) is 14.7. The van der Waals surface area contributed by atoms with Gasteiger partial charge in [-0.05, 0) is 76.7 Å². The van der Waals surface area contributed by atoms with Gasteiger partial charge in [-0.1, -0.05) is 281 Å². The third kappa shape index (κ3) is 58.4. The largest absolute Gasteiger partial charge is 0.472 e. The molecular formula is C68H128N2O7P+.